The molecule has 0 heterocycles. The van der Waals surface area contributed by atoms with Gasteiger partial charge in [-0.15, -0.1) is 0 Å². The van der Waals surface area contributed by atoms with Gasteiger partial charge in [0.1, 0.15) is 0 Å². The summed E-state index contributed by atoms with van der Waals surface area (Å²) in [5.41, 5.74) is 6.37. The van der Waals surface area contributed by atoms with Crippen LogP contribution in [0.5, 0.6) is 0 Å². The molecule has 0 fully saturated rings. The van der Waals surface area contributed by atoms with E-state index >= 15 is 0 Å². The Hall–Kier alpha value is -1.17. The summed E-state index contributed by atoms with van der Waals surface area (Å²) < 4.78 is 24.2. The van der Waals surface area contributed by atoms with Crippen LogP contribution in [-0.2, 0) is 16.0 Å². The van der Waals surface area contributed by atoms with Crippen molar-refractivity contribution in [1.82, 2.24) is 4.90 Å². The maximum atomic E-state index is 13.9. The quantitative estimate of drug-likeness (QED) is 0.733. The molecule has 108 valence electrons. The van der Waals surface area contributed by atoms with E-state index in [9.17, 15) is 4.39 Å². The first-order chi connectivity index (χ1) is 9.10. The van der Waals surface area contributed by atoms with Gasteiger partial charge in [-0.2, -0.15) is 0 Å². The van der Waals surface area contributed by atoms with E-state index in [4.69, 9.17) is 15.2 Å². The Morgan fingerprint density at radius 2 is 2.05 bits per heavy atom. The van der Waals surface area contributed by atoms with Crippen LogP contribution >= 0.6 is 0 Å². The summed E-state index contributed by atoms with van der Waals surface area (Å²) in [6.07, 6.45) is 0. The lowest BCUT2D eigenvalue weighted by molar-refractivity contribution is 0.0699. The number of rotatable bonds is 8. The highest BCUT2D eigenvalue weighted by Gasteiger charge is 2.16. The summed E-state index contributed by atoms with van der Waals surface area (Å²) >= 11 is 0. The molecule has 0 aliphatic heterocycles. The molecule has 0 saturated carbocycles. The van der Waals surface area contributed by atoms with Crippen LogP contribution in [0.1, 0.15) is 12.5 Å². The SMILES string of the molecule is COCCN(Cc1cccc(N)c1F)C(C)COC. The molecule has 5 heteroatoms. The number of nitrogens with two attached hydrogens (primary N) is 1. The number of nitrogens with zero attached hydrogens (tertiary/aromatic N) is 1. The lowest BCUT2D eigenvalue weighted by Gasteiger charge is -2.28. The molecule has 19 heavy (non-hydrogen) atoms. The van der Waals surface area contributed by atoms with E-state index in [1.165, 1.54) is 0 Å². The predicted octanol–water partition coefficient (Wildman–Crippen LogP) is 1.89. The first-order valence-electron chi connectivity index (χ1n) is 6.35. The molecule has 0 bridgehead atoms. The summed E-state index contributed by atoms with van der Waals surface area (Å²) in [4.78, 5) is 2.12. The zero-order chi connectivity index (χ0) is 14.3. The molecule has 1 aromatic carbocycles. The van der Waals surface area contributed by atoms with E-state index in [0.29, 0.717) is 25.3 Å². The third kappa shape index (κ3) is 4.78. The van der Waals surface area contributed by atoms with Gasteiger partial charge in [0, 0.05) is 38.9 Å². The number of anilines is 1. The smallest absolute Gasteiger partial charge is 0.150 e. The van der Waals surface area contributed by atoms with Gasteiger partial charge in [-0.25, -0.2) is 4.39 Å². The van der Waals surface area contributed by atoms with Gasteiger partial charge in [0.15, 0.2) is 5.82 Å². The highest BCUT2D eigenvalue weighted by molar-refractivity contribution is 5.42. The average Bonchev–Trinajstić information content (AvgIpc) is 2.39. The summed E-state index contributed by atoms with van der Waals surface area (Å²) in [6, 6.07) is 5.27. The highest BCUT2D eigenvalue weighted by atomic mass is 19.1. The van der Waals surface area contributed by atoms with Crippen LogP contribution in [0, 0.1) is 5.82 Å². The van der Waals surface area contributed by atoms with E-state index in [2.05, 4.69) is 4.90 Å². The van der Waals surface area contributed by atoms with Gasteiger partial charge in [-0.3, -0.25) is 4.90 Å². The van der Waals surface area contributed by atoms with E-state index in [0.717, 1.165) is 6.54 Å². The largest absolute Gasteiger partial charge is 0.396 e. The molecule has 0 radical (unpaired) electrons. The van der Waals surface area contributed by atoms with Gasteiger partial charge in [-0.1, -0.05) is 12.1 Å². The molecule has 1 aromatic rings. The Bertz CT molecular complexity index is 388. The second kappa shape index (κ2) is 8.09. The molecule has 4 nitrogen and oxygen atoms in total. The van der Waals surface area contributed by atoms with Gasteiger partial charge in [0.05, 0.1) is 18.9 Å². The van der Waals surface area contributed by atoms with Gasteiger partial charge in [0.25, 0.3) is 0 Å². The zero-order valence-electron chi connectivity index (χ0n) is 11.9. The monoisotopic (exact) mass is 270 g/mol. The maximum Gasteiger partial charge on any atom is 0.150 e. The molecule has 0 aliphatic rings. The molecule has 1 rings (SSSR count). The Labute approximate surface area is 114 Å². The van der Waals surface area contributed by atoms with Gasteiger partial charge in [0.2, 0.25) is 0 Å². The minimum atomic E-state index is -0.338. The first kappa shape index (κ1) is 15.9. The lowest BCUT2D eigenvalue weighted by Crippen LogP contribution is -2.38. The van der Waals surface area contributed by atoms with Crippen LogP contribution in [0.25, 0.3) is 0 Å². The van der Waals surface area contributed by atoms with Gasteiger partial charge < -0.3 is 15.2 Å². The first-order valence-corrected chi connectivity index (χ1v) is 6.35. The molecule has 0 amide bonds. The fourth-order valence-corrected chi connectivity index (χ4v) is 1.95. The second-order valence-corrected chi connectivity index (χ2v) is 4.59. The normalized spacial score (nSPS) is 12.9. The molecule has 1 unspecified atom stereocenters. The third-order valence-electron chi connectivity index (χ3n) is 3.10. The molecular weight excluding hydrogens is 247 g/mol. The van der Waals surface area contributed by atoms with Crippen molar-refractivity contribution in [2.45, 2.75) is 19.5 Å². The maximum absolute atomic E-state index is 13.9. The van der Waals surface area contributed by atoms with Gasteiger partial charge in [-0.05, 0) is 13.0 Å². The number of ether oxygens (including phenoxy) is 2. The van der Waals surface area contributed by atoms with E-state index < -0.39 is 0 Å². The van der Waals surface area contributed by atoms with E-state index in [1.54, 1.807) is 32.4 Å². The Kier molecular flexibility index (Phi) is 6.77. The third-order valence-corrected chi connectivity index (χ3v) is 3.10. The fourth-order valence-electron chi connectivity index (χ4n) is 1.95. The fraction of sp³-hybridized carbons (Fsp3) is 0.571. The summed E-state index contributed by atoms with van der Waals surface area (Å²) in [6.45, 7) is 4.44. The number of nitrogen functional groups attached to an aromatic ring is 1. The molecular formula is C14H23FN2O2. The van der Waals surface area contributed by atoms with Crippen molar-refractivity contribution in [2.75, 3.05) is 39.7 Å². The molecule has 0 spiro atoms. The van der Waals surface area contributed by atoms with Crippen LogP contribution in [0.4, 0.5) is 10.1 Å². The topological polar surface area (TPSA) is 47.7 Å². The molecule has 0 saturated heterocycles. The zero-order valence-corrected chi connectivity index (χ0v) is 11.9. The van der Waals surface area contributed by atoms with Crippen molar-refractivity contribution in [3.8, 4) is 0 Å². The number of hydrogen-bond acceptors (Lipinski definition) is 4. The van der Waals surface area contributed by atoms with Gasteiger partial charge >= 0.3 is 0 Å². The van der Waals surface area contributed by atoms with Crippen LogP contribution in [0.2, 0.25) is 0 Å². The predicted molar refractivity (Wildman–Crippen MR) is 74.4 cm³/mol. The highest BCUT2D eigenvalue weighted by Crippen LogP contribution is 2.17. The van der Waals surface area contributed by atoms with Crippen molar-refractivity contribution < 1.29 is 13.9 Å². The molecule has 0 aliphatic carbocycles. The van der Waals surface area contributed by atoms with Crippen molar-refractivity contribution in [3.63, 3.8) is 0 Å². The Morgan fingerprint density at radius 3 is 2.68 bits per heavy atom. The number of halogens is 1. The minimum Gasteiger partial charge on any atom is -0.396 e. The summed E-state index contributed by atoms with van der Waals surface area (Å²) in [5, 5.41) is 0. The van der Waals surface area contributed by atoms with Crippen molar-refractivity contribution in [3.05, 3.63) is 29.6 Å². The van der Waals surface area contributed by atoms with E-state index in [1.807, 2.05) is 6.92 Å². The number of hydrogen-bond donors (Lipinski definition) is 1. The number of benzene rings is 1. The lowest BCUT2D eigenvalue weighted by atomic mass is 10.1. The summed E-state index contributed by atoms with van der Waals surface area (Å²) in [7, 11) is 3.31. The van der Waals surface area contributed by atoms with Crippen molar-refractivity contribution in [1.29, 1.82) is 0 Å². The Balaban J connectivity index is 2.78. The second-order valence-electron chi connectivity index (χ2n) is 4.59. The molecule has 1 atom stereocenters. The van der Waals surface area contributed by atoms with E-state index in [-0.39, 0.29) is 17.5 Å². The van der Waals surface area contributed by atoms with Crippen LogP contribution in [-0.4, -0.2) is 44.9 Å². The molecule has 0 aromatic heterocycles. The van der Waals surface area contributed by atoms with Crippen molar-refractivity contribution >= 4 is 5.69 Å². The molecule has 2 N–H and O–H groups in total. The minimum absolute atomic E-state index is 0.181. The van der Waals surface area contributed by atoms with Crippen molar-refractivity contribution in [2.24, 2.45) is 0 Å². The standard InChI is InChI=1S/C14H23FN2O2/c1-11(10-19-3)17(7-8-18-2)9-12-5-4-6-13(16)14(12)15/h4-6,11H,7-10,16H2,1-3H3. The average molecular weight is 270 g/mol. The van der Waals surface area contributed by atoms with Crippen LogP contribution in [0.15, 0.2) is 18.2 Å². The Morgan fingerprint density at radius 1 is 1.32 bits per heavy atom. The van der Waals surface area contributed by atoms with Crippen LogP contribution in [0.3, 0.4) is 0 Å². The number of methoxy groups -OCH3 is 2. The van der Waals surface area contributed by atoms with Crippen LogP contribution < -0.4 is 5.73 Å². The summed E-state index contributed by atoms with van der Waals surface area (Å²) in [5.74, 6) is -0.338.